The van der Waals surface area contributed by atoms with E-state index in [2.05, 4.69) is 44.5 Å². The first-order chi connectivity index (χ1) is 12.0. The van der Waals surface area contributed by atoms with Gasteiger partial charge in [-0.25, -0.2) is 0 Å². The number of ether oxygens (including phenoxy) is 1. The van der Waals surface area contributed by atoms with Gasteiger partial charge in [-0.1, -0.05) is 34.1 Å². The van der Waals surface area contributed by atoms with Crippen LogP contribution in [0.1, 0.15) is 72.6 Å². The van der Waals surface area contributed by atoms with Gasteiger partial charge in [0.2, 0.25) is 0 Å². The largest absolute Gasteiger partial charge is 0.378 e. The van der Waals surface area contributed by atoms with Crippen LogP contribution in [0.3, 0.4) is 0 Å². The van der Waals surface area contributed by atoms with Gasteiger partial charge in [-0.3, -0.25) is 0 Å². The molecule has 0 bridgehead atoms. The number of nitrogens with zero attached hydrogens (tertiary/aromatic N) is 2. The van der Waals surface area contributed by atoms with E-state index in [9.17, 15) is 0 Å². The van der Waals surface area contributed by atoms with Crippen LogP contribution in [0, 0.1) is 17.8 Å². The Kier molecular flexibility index (Phi) is 9.23. The molecule has 1 atom stereocenters. The second-order valence-corrected chi connectivity index (χ2v) is 9.38. The molecule has 3 nitrogen and oxygen atoms in total. The van der Waals surface area contributed by atoms with Crippen LogP contribution in [0.25, 0.3) is 0 Å². The van der Waals surface area contributed by atoms with Gasteiger partial charge in [-0.05, 0) is 76.4 Å². The summed E-state index contributed by atoms with van der Waals surface area (Å²) < 4.78 is 6.16. The Bertz CT molecular complexity index is 346. The SMILES string of the molecule is CCCC(C)CN(C)C1CC(OCCC2CCN(CC(C)C)CC2)C1. The highest BCUT2D eigenvalue weighted by molar-refractivity contribution is 4.87. The maximum atomic E-state index is 6.16. The summed E-state index contributed by atoms with van der Waals surface area (Å²) in [7, 11) is 2.30. The Morgan fingerprint density at radius 1 is 1.12 bits per heavy atom. The molecule has 1 saturated carbocycles. The lowest BCUT2D eigenvalue weighted by Crippen LogP contribution is -2.47. The third kappa shape index (κ3) is 7.56. The van der Waals surface area contributed by atoms with E-state index in [1.54, 1.807) is 0 Å². The number of hydrogen-bond acceptors (Lipinski definition) is 3. The van der Waals surface area contributed by atoms with Gasteiger partial charge in [0.05, 0.1) is 6.10 Å². The second kappa shape index (κ2) is 10.9. The predicted octanol–water partition coefficient (Wildman–Crippen LogP) is 4.66. The molecule has 0 radical (unpaired) electrons. The smallest absolute Gasteiger partial charge is 0.0605 e. The van der Waals surface area contributed by atoms with E-state index in [0.717, 1.165) is 30.4 Å². The van der Waals surface area contributed by atoms with Crippen LogP contribution in [0.2, 0.25) is 0 Å². The molecule has 0 amide bonds. The van der Waals surface area contributed by atoms with Crippen molar-refractivity contribution in [2.75, 3.05) is 39.8 Å². The van der Waals surface area contributed by atoms with Crippen molar-refractivity contribution >= 4 is 0 Å². The lowest BCUT2D eigenvalue weighted by Gasteiger charge is -2.42. The summed E-state index contributed by atoms with van der Waals surface area (Å²) in [5.74, 6) is 2.53. The van der Waals surface area contributed by atoms with E-state index in [-0.39, 0.29) is 0 Å². The Balaban J connectivity index is 1.49. The summed E-state index contributed by atoms with van der Waals surface area (Å²) >= 11 is 0. The summed E-state index contributed by atoms with van der Waals surface area (Å²) in [4.78, 5) is 5.22. The summed E-state index contributed by atoms with van der Waals surface area (Å²) in [6, 6.07) is 0.767. The minimum Gasteiger partial charge on any atom is -0.378 e. The molecule has 148 valence electrons. The topological polar surface area (TPSA) is 15.7 Å². The molecule has 1 saturated heterocycles. The number of piperidine rings is 1. The predicted molar refractivity (Wildman–Crippen MR) is 108 cm³/mol. The average Bonchev–Trinajstić information content (AvgIpc) is 2.50. The summed E-state index contributed by atoms with van der Waals surface area (Å²) in [6.07, 6.45) is 9.73. The molecule has 1 aliphatic heterocycles. The fourth-order valence-electron chi connectivity index (χ4n) is 4.63. The zero-order valence-corrected chi connectivity index (χ0v) is 17.7. The molecule has 0 aromatic heterocycles. The van der Waals surface area contributed by atoms with Gasteiger partial charge >= 0.3 is 0 Å². The van der Waals surface area contributed by atoms with Gasteiger partial charge in [-0.15, -0.1) is 0 Å². The fraction of sp³-hybridized carbons (Fsp3) is 1.00. The van der Waals surface area contributed by atoms with E-state index in [1.807, 2.05) is 0 Å². The van der Waals surface area contributed by atoms with Gasteiger partial charge in [-0.2, -0.15) is 0 Å². The summed E-state index contributed by atoms with van der Waals surface area (Å²) in [5.41, 5.74) is 0. The van der Waals surface area contributed by atoms with Crippen molar-refractivity contribution in [3.05, 3.63) is 0 Å². The molecular formula is C22H44N2O. The van der Waals surface area contributed by atoms with Crippen LogP contribution in [0.5, 0.6) is 0 Å². The van der Waals surface area contributed by atoms with E-state index < -0.39 is 0 Å². The molecule has 3 heteroatoms. The highest BCUT2D eigenvalue weighted by atomic mass is 16.5. The minimum absolute atomic E-state index is 0.537. The Labute approximate surface area is 157 Å². The molecule has 2 aliphatic rings. The summed E-state index contributed by atoms with van der Waals surface area (Å²) in [5, 5.41) is 0. The zero-order chi connectivity index (χ0) is 18.2. The van der Waals surface area contributed by atoms with Crippen LogP contribution in [0.4, 0.5) is 0 Å². The molecule has 25 heavy (non-hydrogen) atoms. The van der Waals surface area contributed by atoms with Crippen molar-refractivity contribution in [3.63, 3.8) is 0 Å². The van der Waals surface area contributed by atoms with Crippen molar-refractivity contribution in [1.82, 2.24) is 9.80 Å². The number of rotatable bonds is 11. The average molecular weight is 353 g/mol. The lowest BCUT2D eigenvalue weighted by atomic mass is 9.87. The third-order valence-electron chi connectivity index (χ3n) is 6.28. The first-order valence-corrected chi connectivity index (χ1v) is 11.0. The first-order valence-electron chi connectivity index (χ1n) is 11.0. The second-order valence-electron chi connectivity index (χ2n) is 9.38. The quantitative estimate of drug-likeness (QED) is 0.538. The molecule has 0 spiro atoms. The van der Waals surface area contributed by atoms with Gasteiger partial charge in [0.1, 0.15) is 0 Å². The van der Waals surface area contributed by atoms with Gasteiger partial charge in [0, 0.05) is 25.7 Å². The van der Waals surface area contributed by atoms with E-state index in [4.69, 9.17) is 4.74 Å². The fourth-order valence-corrected chi connectivity index (χ4v) is 4.63. The maximum absolute atomic E-state index is 6.16. The van der Waals surface area contributed by atoms with Crippen molar-refractivity contribution in [2.24, 2.45) is 17.8 Å². The molecule has 1 heterocycles. The molecule has 2 fully saturated rings. The standard InChI is InChI=1S/C22H44N2O/c1-6-7-19(4)17-23(5)21-14-22(15-21)25-13-10-20-8-11-24(12-9-20)16-18(2)3/h18-22H,6-17H2,1-5H3. The van der Waals surface area contributed by atoms with Crippen molar-refractivity contribution in [3.8, 4) is 0 Å². The van der Waals surface area contributed by atoms with Crippen molar-refractivity contribution in [1.29, 1.82) is 0 Å². The Hall–Kier alpha value is -0.120. The lowest BCUT2D eigenvalue weighted by molar-refractivity contribution is -0.0526. The third-order valence-corrected chi connectivity index (χ3v) is 6.28. The van der Waals surface area contributed by atoms with Gasteiger partial charge in [0.25, 0.3) is 0 Å². The highest BCUT2D eigenvalue weighted by Crippen LogP contribution is 2.29. The molecule has 0 N–H and O–H groups in total. The van der Waals surface area contributed by atoms with Crippen LogP contribution < -0.4 is 0 Å². The number of likely N-dealkylation sites (tertiary alicyclic amines) is 1. The summed E-state index contributed by atoms with van der Waals surface area (Å²) in [6.45, 7) is 15.4. The van der Waals surface area contributed by atoms with Crippen LogP contribution in [-0.2, 0) is 4.74 Å². The van der Waals surface area contributed by atoms with Gasteiger partial charge < -0.3 is 14.5 Å². The molecule has 1 unspecified atom stereocenters. The Morgan fingerprint density at radius 2 is 1.80 bits per heavy atom. The van der Waals surface area contributed by atoms with Crippen LogP contribution in [-0.4, -0.2) is 61.8 Å². The van der Waals surface area contributed by atoms with E-state index in [1.165, 1.54) is 71.1 Å². The maximum Gasteiger partial charge on any atom is 0.0605 e. The highest BCUT2D eigenvalue weighted by Gasteiger charge is 2.33. The monoisotopic (exact) mass is 352 g/mol. The van der Waals surface area contributed by atoms with Gasteiger partial charge in [0.15, 0.2) is 0 Å². The first kappa shape index (κ1) is 21.2. The minimum atomic E-state index is 0.537. The van der Waals surface area contributed by atoms with E-state index >= 15 is 0 Å². The van der Waals surface area contributed by atoms with Crippen LogP contribution in [0.15, 0.2) is 0 Å². The molecule has 0 aromatic carbocycles. The molecule has 1 aliphatic carbocycles. The molecule has 0 aromatic rings. The zero-order valence-electron chi connectivity index (χ0n) is 17.7. The normalized spacial score (nSPS) is 27.0. The van der Waals surface area contributed by atoms with E-state index in [0.29, 0.717) is 6.10 Å². The molecule has 2 rings (SSSR count). The Morgan fingerprint density at radius 3 is 2.40 bits per heavy atom. The van der Waals surface area contributed by atoms with Crippen molar-refractivity contribution < 1.29 is 4.74 Å². The van der Waals surface area contributed by atoms with Crippen molar-refractivity contribution in [2.45, 2.75) is 84.8 Å². The number of hydrogen-bond donors (Lipinski definition) is 0. The van der Waals surface area contributed by atoms with Crippen LogP contribution >= 0.6 is 0 Å². The molecular weight excluding hydrogens is 308 g/mol.